The van der Waals surface area contributed by atoms with Crippen LogP contribution in [-0.4, -0.2) is 43.7 Å². The van der Waals surface area contributed by atoms with E-state index in [9.17, 15) is 4.79 Å². The highest BCUT2D eigenvalue weighted by atomic mass is 16.5. The van der Waals surface area contributed by atoms with Gasteiger partial charge in [0, 0.05) is 26.7 Å². The predicted octanol–water partition coefficient (Wildman–Crippen LogP) is 1.26. The Kier molecular flexibility index (Phi) is 6.83. The van der Waals surface area contributed by atoms with Crippen molar-refractivity contribution < 1.29 is 9.53 Å². The van der Waals surface area contributed by atoms with E-state index >= 15 is 0 Å². The molecule has 0 bridgehead atoms. The van der Waals surface area contributed by atoms with Gasteiger partial charge in [-0.05, 0) is 37.1 Å². The average molecular weight is 305 g/mol. The zero-order valence-corrected chi connectivity index (χ0v) is 13.4. The van der Waals surface area contributed by atoms with E-state index in [0.29, 0.717) is 19.5 Å². The molecular weight excluding hydrogens is 278 g/mol. The molecule has 1 atom stereocenters. The summed E-state index contributed by atoms with van der Waals surface area (Å²) in [5.74, 6) is -0.0257. The summed E-state index contributed by atoms with van der Waals surface area (Å²) in [6.45, 7) is 4.29. The van der Waals surface area contributed by atoms with Gasteiger partial charge in [-0.2, -0.15) is 0 Å². The lowest BCUT2D eigenvalue weighted by Gasteiger charge is -2.15. The summed E-state index contributed by atoms with van der Waals surface area (Å²) in [6.07, 6.45) is 2.71. The van der Waals surface area contributed by atoms with Crippen LogP contribution in [0, 0.1) is 0 Å². The highest BCUT2D eigenvalue weighted by Crippen LogP contribution is 2.13. The Labute approximate surface area is 132 Å². The van der Waals surface area contributed by atoms with Crippen LogP contribution in [0.3, 0.4) is 0 Å². The second-order valence-corrected chi connectivity index (χ2v) is 5.88. The maximum atomic E-state index is 11.9. The third-order valence-corrected chi connectivity index (χ3v) is 4.10. The Bertz CT molecular complexity index is 469. The molecular formula is C17H27N3O2. The first-order valence-corrected chi connectivity index (χ1v) is 8.01. The van der Waals surface area contributed by atoms with Gasteiger partial charge < -0.3 is 15.8 Å². The lowest BCUT2D eigenvalue weighted by Crippen LogP contribution is -2.31. The molecule has 1 aromatic carbocycles. The minimum absolute atomic E-state index is 0.0257. The molecule has 3 N–H and O–H groups in total. The van der Waals surface area contributed by atoms with Crippen molar-refractivity contribution in [3.05, 3.63) is 35.4 Å². The maximum absolute atomic E-state index is 11.9. The number of rotatable bonds is 8. The van der Waals surface area contributed by atoms with E-state index in [1.165, 1.54) is 31.5 Å². The highest BCUT2D eigenvalue weighted by Gasteiger charge is 2.13. The van der Waals surface area contributed by atoms with Crippen LogP contribution in [0.1, 0.15) is 30.4 Å². The minimum Gasteiger partial charge on any atom is -0.380 e. The number of benzene rings is 1. The van der Waals surface area contributed by atoms with Crippen molar-refractivity contribution in [2.24, 2.45) is 5.73 Å². The molecule has 0 aliphatic carbocycles. The van der Waals surface area contributed by atoms with Gasteiger partial charge in [-0.25, -0.2) is 0 Å². The quantitative estimate of drug-likeness (QED) is 0.759. The molecule has 0 spiro atoms. The molecule has 2 rings (SSSR count). The normalized spacial score (nSPS) is 16.6. The first kappa shape index (κ1) is 16.9. The number of carbonyl (C=O) groups excluding carboxylic acids is 1. The molecule has 1 aromatic rings. The number of hydrogen-bond donors (Lipinski definition) is 2. The van der Waals surface area contributed by atoms with Gasteiger partial charge in [0.05, 0.1) is 12.5 Å². The summed E-state index contributed by atoms with van der Waals surface area (Å²) in [6, 6.07) is 8.43. The van der Waals surface area contributed by atoms with Crippen molar-refractivity contribution in [1.82, 2.24) is 10.2 Å². The molecule has 1 heterocycles. The van der Waals surface area contributed by atoms with Gasteiger partial charge in [0.25, 0.3) is 0 Å². The van der Waals surface area contributed by atoms with Crippen LogP contribution in [-0.2, 0) is 22.6 Å². The maximum Gasteiger partial charge on any atom is 0.222 e. The molecule has 1 aliphatic heterocycles. The molecule has 1 fully saturated rings. The second-order valence-electron chi connectivity index (χ2n) is 5.88. The molecule has 22 heavy (non-hydrogen) atoms. The smallest absolute Gasteiger partial charge is 0.222 e. The Hall–Kier alpha value is -1.43. The van der Waals surface area contributed by atoms with Crippen molar-refractivity contribution in [1.29, 1.82) is 0 Å². The summed E-state index contributed by atoms with van der Waals surface area (Å²) in [5, 5.41) is 2.93. The molecule has 5 nitrogen and oxygen atoms in total. The zero-order valence-electron chi connectivity index (χ0n) is 13.4. The van der Waals surface area contributed by atoms with Gasteiger partial charge in [0.15, 0.2) is 0 Å². The first-order chi connectivity index (χ1) is 10.7. The average Bonchev–Trinajstić information content (AvgIpc) is 3.04. The van der Waals surface area contributed by atoms with Crippen molar-refractivity contribution in [2.45, 2.75) is 38.5 Å². The summed E-state index contributed by atoms with van der Waals surface area (Å²) in [4.78, 5) is 14.3. The summed E-state index contributed by atoms with van der Waals surface area (Å²) in [7, 11) is 1.58. The van der Waals surface area contributed by atoms with Crippen LogP contribution in [0.15, 0.2) is 24.3 Å². The molecule has 5 heteroatoms. The summed E-state index contributed by atoms with van der Waals surface area (Å²) in [5.41, 5.74) is 7.97. The Morgan fingerprint density at radius 1 is 1.36 bits per heavy atom. The van der Waals surface area contributed by atoms with E-state index in [-0.39, 0.29) is 12.0 Å². The number of amides is 1. The van der Waals surface area contributed by atoms with E-state index in [2.05, 4.69) is 28.4 Å². The van der Waals surface area contributed by atoms with Crippen molar-refractivity contribution in [3.63, 3.8) is 0 Å². The summed E-state index contributed by atoms with van der Waals surface area (Å²) >= 11 is 0. The van der Waals surface area contributed by atoms with E-state index in [4.69, 9.17) is 10.5 Å². The number of likely N-dealkylation sites (tertiary alicyclic amines) is 1. The number of hydrogen-bond acceptors (Lipinski definition) is 4. The first-order valence-electron chi connectivity index (χ1n) is 8.01. The van der Waals surface area contributed by atoms with E-state index in [1.807, 2.05) is 6.07 Å². The Balaban J connectivity index is 1.81. The number of nitrogens with zero attached hydrogens (tertiary/aromatic N) is 1. The van der Waals surface area contributed by atoms with Crippen LogP contribution in [0.2, 0.25) is 0 Å². The fourth-order valence-electron chi connectivity index (χ4n) is 2.78. The third-order valence-electron chi connectivity index (χ3n) is 4.10. The molecule has 0 saturated carbocycles. The summed E-state index contributed by atoms with van der Waals surface area (Å²) < 4.78 is 5.12. The molecule has 0 aromatic heterocycles. The van der Waals surface area contributed by atoms with E-state index < -0.39 is 0 Å². The van der Waals surface area contributed by atoms with Crippen LogP contribution in [0.5, 0.6) is 0 Å². The Morgan fingerprint density at radius 2 is 2.09 bits per heavy atom. The standard InChI is InChI=1S/C17H27N3O2/c1-22-16(11-18)10-17(21)19-12-14-5-4-6-15(9-14)13-20-7-2-3-8-20/h4-6,9,16H,2-3,7-8,10-13,18H2,1H3,(H,19,21). The second kappa shape index (κ2) is 8.88. The monoisotopic (exact) mass is 305 g/mol. The van der Waals surface area contributed by atoms with E-state index in [1.54, 1.807) is 7.11 Å². The van der Waals surface area contributed by atoms with Crippen LogP contribution >= 0.6 is 0 Å². The topological polar surface area (TPSA) is 67.6 Å². The Morgan fingerprint density at radius 3 is 2.77 bits per heavy atom. The van der Waals surface area contributed by atoms with Crippen molar-refractivity contribution >= 4 is 5.91 Å². The largest absolute Gasteiger partial charge is 0.380 e. The number of methoxy groups -OCH3 is 1. The number of carbonyl (C=O) groups is 1. The lowest BCUT2D eigenvalue weighted by molar-refractivity contribution is -0.123. The molecule has 0 radical (unpaired) electrons. The van der Waals surface area contributed by atoms with Crippen LogP contribution < -0.4 is 11.1 Å². The third kappa shape index (κ3) is 5.40. The highest BCUT2D eigenvalue weighted by molar-refractivity contribution is 5.76. The van der Waals surface area contributed by atoms with Gasteiger partial charge in [-0.1, -0.05) is 24.3 Å². The van der Waals surface area contributed by atoms with Gasteiger partial charge >= 0.3 is 0 Å². The SMILES string of the molecule is COC(CN)CC(=O)NCc1cccc(CN2CCCC2)c1. The minimum atomic E-state index is -0.207. The van der Waals surface area contributed by atoms with Crippen molar-refractivity contribution in [2.75, 3.05) is 26.7 Å². The number of ether oxygens (including phenoxy) is 1. The van der Waals surface area contributed by atoms with Crippen LogP contribution in [0.4, 0.5) is 0 Å². The number of nitrogens with one attached hydrogen (secondary N) is 1. The molecule has 122 valence electrons. The van der Waals surface area contributed by atoms with Gasteiger partial charge in [0.1, 0.15) is 0 Å². The molecule has 1 aliphatic rings. The van der Waals surface area contributed by atoms with Crippen molar-refractivity contribution in [3.8, 4) is 0 Å². The van der Waals surface area contributed by atoms with E-state index in [0.717, 1.165) is 12.1 Å². The fourth-order valence-corrected chi connectivity index (χ4v) is 2.78. The lowest BCUT2D eigenvalue weighted by atomic mass is 10.1. The fraction of sp³-hybridized carbons (Fsp3) is 0.588. The van der Waals surface area contributed by atoms with Crippen LogP contribution in [0.25, 0.3) is 0 Å². The molecule has 1 saturated heterocycles. The molecule has 1 unspecified atom stereocenters. The van der Waals surface area contributed by atoms with Gasteiger partial charge in [-0.15, -0.1) is 0 Å². The van der Waals surface area contributed by atoms with Gasteiger partial charge in [-0.3, -0.25) is 9.69 Å². The zero-order chi connectivity index (χ0) is 15.8. The molecule has 1 amide bonds. The number of nitrogens with two attached hydrogens (primary N) is 1. The predicted molar refractivity (Wildman–Crippen MR) is 87.3 cm³/mol. The van der Waals surface area contributed by atoms with Gasteiger partial charge in [0.2, 0.25) is 5.91 Å².